The predicted molar refractivity (Wildman–Crippen MR) is 64.0 cm³/mol. The smallest absolute Gasteiger partial charge is 0.325 e. The van der Waals surface area contributed by atoms with Gasteiger partial charge in [-0.3, -0.25) is 9.48 Å². The van der Waals surface area contributed by atoms with Crippen LogP contribution in [0, 0.1) is 12.1 Å². The molecule has 2 aromatic rings. The molecule has 6 nitrogen and oxygen atoms in total. The molecule has 0 radical (unpaired) electrons. The lowest BCUT2D eigenvalue weighted by molar-refractivity contribution is -0.605. The van der Waals surface area contributed by atoms with Crippen LogP contribution >= 0.6 is 11.6 Å². The molecule has 0 aliphatic carbocycles. The fourth-order valence-electron chi connectivity index (χ4n) is 1.56. The fraction of sp³-hybridized carbons (Fsp3) is 0.182. The number of nitrogens with zero attached hydrogens (tertiary/aromatic N) is 3. The minimum absolute atomic E-state index is 0.250. The number of hydrogen-bond acceptors (Lipinski definition) is 3. The Morgan fingerprint density at radius 1 is 1.56 bits per heavy atom. The van der Waals surface area contributed by atoms with Crippen LogP contribution in [-0.4, -0.2) is 20.9 Å². The topological polar surface area (TPSA) is 82.1 Å². The van der Waals surface area contributed by atoms with Gasteiger partial charge in [0.15, 0.2) is 12.4 Å². The largest absolute Gasteiger partial charge is 0.619 e. The Balaban J connectivity index is 2.45. The van der Waals surface area contributed by atoms with E-state index in [1.807, 2.05) is 0 Å². The second kappa shape index (κ2) is 4.66. The van der Waals surface area contributed by atoms with E-state index in [1.165, 1.54) is 17.1 Å². The van der Waals surface area contributed by atoms with Crippen molar-refractivity contribution in [2.45, 2.75) is 13.5 Å². The molecule has 94 valence electrons. The number of halogens is 1. The Morgan fingerprint density at radius 2 is 2.17 bits per heavy atom. The molecule has 0 amide bonds. The maximum atomic E-state index is 10.9. The average Bonchev–Trinajstić information content (AvgIpc) is 2.58. The molecule has 2 rings (SSSR count). The van der Waals surface area contributed by atoms with Gasteiger partial charge in [-0.2, -0.15) is 9.83 Å². The zero-order valence-corrected chi connectivity index (χ0v) is 10.3. The van der Waals surface area contributed by atoms with Gasteiger partial charge in [0.05, 0.1) is 10.7 Å². The summed E-state index contributed by atoms with van der Waals surface area (Å²) >= 11 is 6.11. The second-order valence-corrected chi connectivity index (χ2v) is 4.12. The molecule has 0 fully saturated rings. The minimum Gasteiger partial charge on any atom is -0.619 e. The van der Waals surface area contributed by atoms with Crippen LogP contribution < -0.4 is 4.73 Å². The second-order valence-electron chi connectivity index (χ2n) is 3.75. The molecule has 0 unspecified atom stereocenters. The number of carboxylic acid groups (broad SMARTS) is 1. The number of rotatable bonds is 3. The first-order chi connectivity index (χ1) is 8.49. The fourth-order valence-corrected chi connectivity index (χ4v) is 1.81. The molecule has 1 N–H and O–H groups in total. The Bertz CT molecular complexity index is 592. The summed E-state index contributed by atoms with van der Waals surface area (Å²) in [6.45, 7) is 1.44. The molecule has 18 heavy (non-hydrogen) atoms. The van der Waals surface area contributed by atoms with Gasteiger partial charge >= 0.3 is 5.97 Å². The standard InChI is InChI=1S/C11H10ClN3O3/c1-7-10(12)11(13-15(7)6-9(16)17)8-2-4-14(18)5-3-8/h2-5H,6H2,1H3,(H,16,17). The third-order valence-electron chi connectivity index (χ3n) is 2.49. The lowest BCUT2D eigenvalue weighted by Gasteiger charge is -1.98. The van der Waals surface area contributed by atoms with E-state index in [4.69, 9.17) is 16.7 Å². The van der Waals surface area contributed by atoms with Crippen LogP contribution in [0.1, 0.15) is 5.69 Å². The average molecular weight is 268 g/mol. The number of aliphatic carboxylic acids is 1. The van der Waals surface area contributed by atoms with Gasteiger partial charge in [-0.25, -0.2) is 0 Å². The molecule has 0 aliphatic heterocycles. The Morgan fingerprint density at radius 3 is 2.72 bits per heavy atom. The zero-order valence-electron chi connectivity index (χ0n) is 9.50. The molecule has 0 bridgehead atoms. The molecule has 2 heterocycles. The summed E-state index contributed by atoms with van der Waals surface area (Å²) in [6.07, 6.45) is 2.66. The minimum atomic E-state index is -0.991. The summed E-state index contributed by atoms with van der Waals surface area (Å²) in [5.41, 5.74) is 1.71. The van der Waals surface area contributed by atoms with Crippen molar-refractivity contribution < 1.29 is 14.6 Å². The highest BCUT2D eigenvalue weighted by Gasteiger charge is 2.16. The molecule has 0 aromatic carbocycles. The summed E-state index contributed by atoms with van der Waals surface area (Å²) in [5.74, 6) is -0.991. The van der Waals surface area contributed by atoms with Gasteiger partial charge in [-0.05, 0) is 6.92 Å². The number of carbonyl (C=O) groups is 1. The van der Waals surface area contributed by atoms with Crippen LogP contribution in [0.25, 0.3) is 11.3 Å². The van der Waals surface area contributed by atoms with E-state index < -0.39 is 5.97 Å². The van der Waals surface area contributed by atoms with E-state index in [9.17, 15) is 10.0 Å². The quantitative estimate of drug-likeness (QED) is 0.670. The van der Waals surface area contributed by atoms with Crippen LogP contribution in [0.4, 0.5) is 0 Å². The van der Waals surface area contributed by atoms with Crippen molar-refractivity contribution >= 4 is 17.6 Å². The van der Waals surface area contributed by atoms with Crippen LogP contribution in [0.5, 0.6) is 0 Å². The van der Waals surface area contributed by atoms with Crippen molar-refractivity contribution in [1.82, 2.24) is 9.78 Å². The normalized spacial score (nSPS) is 10.6. The third kappa shape index (κ3) is 2.28. The first-order valence-corrected chi connectivity index (χ1v) is 5.50. The molecular weight excluding hydrogens is 258 g/mol. The number of pyridine rings is 1. The first kappa shape index (κ1) is 12.4. The van der Waals surface area contributed by atoms with E-state index >= 15 is 0 Å². The summed E-state index contributed by atoms with van der Waals surface area (Å²) in [4.78, 5) is 10.7. The van der Waals surface area contributed by atoms with E-state index in [-0.39, 0.29) is 6.54 Å². The van der Waals surface area contributed by atoms with Crippen molar-refractivity contribution in [2.24, 2.45) is 0 Å². The molecule has 0 atom stereocenters. The van der Waals surface area contributed by atoms with Crippen LogP contribution in [0.3, 0.4) is 0 Å². The van der Waals surface area contributed by atoms with Gasteiger partial charge in [0.25, 0.3) is 0 Å². The number of hydrogen-bond donors (Lipinski definition) is 1. The van der Waals surface area contributed by atoms with Gasteiger partial charge < -0.3 is 10.3 Å². The highest BCUT2D eigenvalue weighted by atomic mass is 35.5. The van der Waals surface area contributed by atoms with Gasteiger partial charge in [0.2, 0.25) is 0 Å². The van der Waals surface area contributed by atoms with E-state index in [0.29, 0.717) is 26.7 Å². The lowest BCUT2D eigenvalue weighted by atomic mass is 10.2. The Labute approximate surface area is 108 Å². The highest BCUT2D eigenvalue weighted by molar-refractivity contribution is 6.33. The van der Waals surface area contributed by atoms with Crippen LogP contribution in [0.15, 0.2) is 24.5 Å². The molecule has 7 heteroatoms. The maximum Gasteiger partial charge on any atom is 0.325 e. The maximum absolute atomic E-state index is 10.9. The summed E-state index contributed by atoms with van der Waals surface area (Å²) in [6, 6.07) is 3.15. The summed E-state index contributed by atoms with van der Waals surface area (Å²) < 4.78 is 1.97. The number of carboxylic acids is 1. The van der Waals surface area contributed by atoms with Gasteiger partial charge in [0, 0.05) is 17.7 Å². The van der Waals surface area contributed by atoms with Gasteiger partial charge in [-0.15, -0.1) is 0 Å². The summed E-state index contributed by atoms with van der Waals surface area (Å²) in [7, 11) is 0. The van der Waals surface area contributed by atoms with Gasteiger partial charge in [0.1, 0.15) is 12.2 Å². The van der Waals surface area contributed by atoms with Crippen LogP contribution in [-0.2, 0) is 11.3 Å². The predicted octanol–water partition coefficient (Wildman–Crippen LogP) is 1.23. The van der Waals surface area contributed by atoms with Gasteiger partial charge in [-0.1, -0.05) is 11.6 Å². The van der Waals surface area contributed by atoms with E-state index in [2.05, 4.69) is 5.10 Å². The first-order valence-electron chi connectivity index (χ1n) is 5.13. The molecule has 0 saturated carbocycles. The lowest BCUT2D eigenvalue weighted by Crippen LogP contribution is -2.23. The SMILES string of the molecule is Cc1c(Cl)c(-c2cc[n+]([O-])cc2)nn1CC(=O)O. The van der Waals surface area contributed by atoms with Crippen LogP contribution in [0.2, 0.25) is 5.02 Å². The zero-order chi connectivity index (χ0) is 13.3. The van der Waals surface area contributed by atoms with E-state index in [1.54, 1.807) is 19.1 Å². The van der Waals surface area contributed by atoms with E-state index in [0.717, 1.165) is 0 Å². The monoisotopic (exact) mass is 267 g/mol. The molecular formula is C11H10ClN3O3. The van der Waals surface area contributed by atoms with Crippen molar-refractivity contribution in [2.75, 3.05) is 0 Å². The van der Waals surface area contributed by atoms with Crippen molar-refractivity contribution in [3.8, 4) is 11.3 Å². The third-order valence-corrected chi connectivity index (χ3v) is 2.95. The van der Waals surface area contributed by atoms with Crippen molar-refractivity contribution in [3.63, 3.8) is 0 Å². The number of aromatic nitrogens is 3. The van der Waals surface area contributed by atoms with Crippen molar-refractivity contribution in [3.05, 3.63) is 40.5 Å². The summed E-state index contributed by atoms with van der Waals surface area (Å²) in [5, 5.41) is 24.2. The van der Waals surface area contributed by atoms with Crippen molar-refractivity contribution in [1.29, 1.82) is 0 Å². The molecule has 0 aliphatic rings. The highest BCUT2D eigenvalue weighted by Crippen LogP contribution is 2.28. The molecule has 0 saturated heterocycles. The Hall–Kier alpha value is -2.08. The Kier molecular flexibility index (Phi) is 3.20. The molecule has 0 spiro atoms. The molecule has 2 aromatic heterocycles.